The van der Waals surface area contributed by atoms with E-state index >= 15 is 0 Å². The molecule has 0 aliphatic carbocycles. The number of nitrogens with zero attached hydrogens (tertiary/aromatic N) is 3. The van der Waals surface area contributed by atoms with Gasteiger partial charge in [-0.3, -0.25) is 14.7 Å². The largest absolute Gasteiger partial charge is 0.370 e. The predicted molar refractivity (Wildman–Crippen MR) is 161 cm³/mol. The number of piperidine rings is 1. The fraction of sp³-hybridized carbons (Fsp3) is 0.394. The van der Waals surface area contributed by atoms with Gasteiger partial charge in [-0.05, 0) is 71.9 Å². The molecule has 42 heavy (non-hydrogen) atoms. The number of aromatic nitrogens is 1. The Balaban J connectivity index is 1.21. The summed E-state index contributed by atoms with van der Waals surface area (Å²) < 4.78 is 27.2. The molecule has 4 aliphatic rings. The second-order valence-electron chi connectivity index (χ2n) is 11.7. The number of amides is 1. The zero-order valence-corrected chi connectivity index (χ0v) is 24.1. The van der Waals surface area contributed by atoms with Crippen LogP contribution >= 0.6 is 0 Å². The summed E-state index contributed by atoms with van der Waals surface area (Å²) in [7, 11) is 0. The van der Waals surface area contributed by atoms with Gasteiger partial charge in [0, 0.05) is 94.6 Å². The van der Waals surface area contributed by atoms with Gasteiger partial charge in [0.05, 0.1) is 11.4 Å². The summed E-state index contributed by atoms with van der Waals surface area (Å²) in [6.45, 7) is 6.72. The van der Waals surface area contributed by atoms with E-state index in [9.17, 15) is 13.6 Å². The SMILES string of the molecule is CC1=C(C(=O)NC2=CNC=C(N3CCCC3)C=C2)c2cc(-c3cncc(CN4CCC(F)(F)CC4)c3)ccc2CNC1. The molecule has 1 aromatic carbocycles. The number of halogens is 2. The standard InChI is InChI=1S/C33H38F2N6O/c1-23-16-36-18-26-5-4-25(27-14-24(17-37-19-27)22-40-12-8-33(34,35)9-13-40)15-30(26)31(23)32(42)39-28-6-7-29(21-38-20-28)41-10-2-3-11-41/h4-7,14-15,17,19-21,36,38H,2-3,8-13,16,18,22H2,1H3,(H,39,42). The lowest BCUT2D eigenvalue weighted by atomic mass is 9.92. The van der Waals surface area contributed by atoms with Crippen LogP contribution < -0.4 is 16.0 Å². The van der Waals surface area contributed by atoms with Gasteiger partial charge in [0.15, 0.2) is 0 Å². The molecule has 0 spiro atoms. The van der Waals surface area contributed by atoms with Crippen molar-refractivity contribution in [2.24, 2.45) is 0 Å². The second kappa shape index (κ2) is 12.2. The van der Waals surface area contributed by atoms with E-state index < -0.39 is 5.92 Å². The van der Waals surface area contributed by atoms with Crippen molar-refractivity contribution in [2.75, 3.05) is 32.7 Å². The number of allylic oxidation sites excluding steroid dienone is 2. The van der Waals surface area contributed by atoms with Crippen molar-refractivity contribution >= 4 is 11.5 Å². The molecule has 2 fully saturated rings. The molecule has 0 saturated carbocycles. The number of carbonyl (C=O) groups is 1. The quantitative estimate of drug-likeness (QED) is 0.457. The minimum Gasteiger partial charge on any atom is -0.370 e. The number of rotatable bonds is 6. The van der Waals surface area contributed by atoms with E-state index in [2.05, 4.69) is 61.1 Å². The maximum atomic E-state index is 13.8. The fourth-order valence-electron chi connectivity index (χ4n) is 6.12. The minimum atomic E-state index is -2.56. The highest BCUT2D eigenvalue weighted by atomic mass is 19.3. The number of alkyl halides is 2. The monoisotopic (exact) mass is 572 g/mol. The number of fused-ring (bicyclic) bond motifs is 1. The van der Waals surface area contributed by atoms with Crippen LogP contribution in [0.15, 0.2) is 78.2 Å². The molecule has 7 nitrogen and oxygen atoms in total. The molecular weight excluding hydrogens is 534 g/mol. The summed E-state index contributed by atoms with van der Waals surface area (Å²) in [5.74, 6) is -2.71. The molecule has 3 N–H and O–H groups in total. The van der Waals surface area contributed by atoms with Crippen LogP contribution in [0.25, 0.3) is 16.7 Å². The summed E-state index contributed by atoms with van der Waals surface area (Å²) in [4.78, 5) is 22.7. The van der Waals surface area contributed by atoms with E-state index in [1.165, 1.54) is 12.8 Å². The van der Waals surface area contributed by atoms with Crippen molar-refractivity contribution in [1.82, 2.24) is 30.7 Å². The lowest BCUT2D eigenvalue weighted by Crippen LogP contribution is -2.38. The summed E-state index contributed by atoms with van der Waals surface area (Å²) in [6.07, 6.45) is 13.6. The fourth-order valence-corrected chi connectivity index (χ4v) is 6.12. The van der Waals surface area contributed by atoms with Gasteiger partial charge >= 0.3 is 0 Å². The van der Waals surface area contributed by atoms with Gasteiger partial charge in [0.2, 0.25) is 0 Å². The first-order chi connectivity index (χ1) is 20.3. The van der Waals surface area contributed by atoms with Crippen molar-refractivity contribution in [3.63, 3.8) is 0 Å². The Labute approximate surface area is 246 Å². The van der Waals surface area contributed by atoms with Crippen molar-refractivity contribution in [3.05, 3.63) is 94.9 Å². The summed E-state index contributed by atoms with van der Waals surface area (Å²) >= 11 is 0. The smallest absolute Gasteiger partial charge is 0.256 e. The molecule has 9 heteroatoms. The Hall–Kier alpha value is -3.82. The molecule has 0 radical (unpaired) electrons. The maximum absolute atomic E-state index is 13.8. The van der Waals surface area contributed by atoms with Gasteiger partial charge in [-0.1, -0.05) is 12.1 Å². The third-order valence-corrected chi connectivity index (χ3v) is 8.49. The Bertz CT molecular complexity index is 1460. The van der Waals surface area contributed by atoms with Gasteiger partial charge in [-0.25, -0.2) is 8.78 Å². The van der Waals surface area contributed by atoms with Crippen molar-refractivity contribution in [3.8, 4) is 11.1 Å². The van der Waals surface area contributed by atoms with Crippen LogP contribution in [0.2, 0.25) is 0 Å². The third kappa shape index (κ3) is 6.47. The Kier molecular flexibility index (Phi) is 8.22. The molecule has 2 aromatic rings. The van der Waals surface area contributed by atoms with Crippen LogP contribution in [0.3, 0.4) is 0 Å². The van der Waals surface area contributed by atoms with E-state index in [1.807, 2.05) is 31.6 Å². The van der Waals surface area contributed by atoms with Crippen LogP contribution in [0.4, 0.5) is 8.78 Å². The van der Waals surface area contributed by atoms with Crippen molar-refractivity contribution in [2.45, 2.75) is 51.6 Å². The normalized spacial score (nSPS) is 20.7. The molecule has 2 saturated heterocycles. The Morgan fingerprint density at radius 2 is 1.81 bits per heavy atom. The first-order valence-corrected chi connectivity index (χ1v) is 14.8. The Morgan fingerprint density at radius 1 is 1.00 bits per heavy atom. The first-order valence-electron chi connectivity index (χ1n) is 14.8. The number of pyridine rings is 1. The highest BCUT2D eigenvalue weighted by Crippen LogP contribution is 2.32. The second-order valence-corrected chi connectivity index (χ2v) is 11.7. The number of likely N-dealkylation sites (tertiary alicyclic amines) is 2. The molecule has 220 valence electrons. The molecule has 0 bridgehead atoms. The zero-order chi connectivity index (χ0) is 29.1. The van der Waals surface area contributed by atoms with Crippen molar-refractivity contribution in [1.29, 1.82) is 0 Å². The van der Waals surface area contributed by atoms with Crippen LogP contribution in [-0.2, 0) is 17.9 Å². The number of hydrogen-bond donors (Lipinski definition) is 3. The molecule has 0 unspecified atom stereocenters. The Morgan fingerprint density at radius 3 is 2.62 bits per heavy atom. The van der Waals surface area contributed by atoms with Crippen molar-refractivity contribution < 1.29 is 13.6 Å². The minimum absolute atomic E-state index is 0.103. The topological polar surface area (TPSA) is 72.5 Å². The summed E-state index contributed by atoms with van der Waals surface area (Å²) in [5, 5.41) is 9.79. The van der Waals surface area contributed by atoms with Crippen LogP contribution in [0.1, 0.15) is 49.3 Å². The van der Waals surface area contributed by atoms with Crippen LogP contribution in [-0.4, -0.2) is 59.3 Å². The van der Waals surface area contributed by atoms with Gasteiger partial charge in [-0.2, -0.15) is 0 Å². The zero-order valence-electron chi connectivity index (χ0n) is 24.1. The lowest BCUT2D eigenvalue weighted by molar-refractivity contribution is -0.114. The number of nitrogens with one attached hydrogen (secondary N) is 3. The van der Waals surface area contributed by atoms with Crippen LogP contribution in [0.5, 0.6) is 0 Å². The first kappa shape index (κ1) is 28.3. The number of hydrogen-bond acceptors (Lipinski definition) is 6. The highest BCUT2D eigenvalue weighted by molar-refractivity contribution is 6.21. The van der Waals surface area contributed by atoms with E-state index in [4.69, 9.17) is 0 Å². The maximum Gasteiger partial charge on any atom is 0.256 e. The molecule has 0 atom stereocenters. The molecule has 1 amide bonds. The summed E-state index contributed by atoms with van der Waals surface area (Å²) in [6, 6.07) is 8.28. The van der Waals surface area contributed by atoms with E-state index in [1.54, 1.807) is 6.20 Å². The van der Waals surface area contributed by atoms with Gasteiger partial charge < -0.3 is 20.9 Å². The molecular formula is C33H38F2N6O. The molecule has 4 aliphatic heterocycles. The van der Waals surface area contributed by atoms with Crippen LogP contribution in [0, 0.1) is 0 Å². The molecule has 5 heterocycles. The highest BCUT2D eigenvalue weighted by Gasteiger charge is 2.33. The van der Waals surface area contributed by atoms with Gasteiger partial charge in [-0.15, -0.1) is 0 Å². The third-order valence-electron chi connectivity index (χ3n) is 8.49. The lowest BCUT2D eigenvalue weighted by Gasteiger charge is -2.31. The molecule has 6 rings (SSSR count). The number of benzene rings is 1. The average molecular weight is 573 g/mol. The molecule has 1 aromatic heterocycles. The predicted octanol–water partition coefficient (Wildman–Crippen LogP) is 4.91. The van der Waals surface area contributed by atoms with Gasteiger partial charge in [0.25, 0.3) is 11.8 Å². The average Bonchev–Trinajstić information content (AvgIpc) is 3.34. The van der Waals surface area contributed by atoms with E-state index in [0.29, 0.717) is 44.0 Å². The van der Waals surface area contributed by atoms with Gasteiger partial charge in [0.1, 0.15) is 0 Å². The number of carbonyl (C=O) groups excluding carboxylic acids is 1. The van der Waals surface area contributed by atoms with E-state index in [-0.39, 0.29) is 18.7 Å². The summed E-state index contributed by atoms with van der Waals surface area (Å²) in [5.41, 5.74) is 8.30. The van der Waals surface area contributed by atoms with E-state index in [0.717, 1.165) is 52.2 Å².